The third-order valence-electron chi connectivity index (χ3n) is 6.56. The highest BCUT2D eigenvalue weighted by Gasteiger charge is 2.40. The summed E-state index contributed by atoms with van der Waals surface area (Å²) < 4.78 is 16.6. The van der Waals surface area contributed by atoms with Gasteiger partial charge in [0.15, 0.2) is 23.0 Å². The Balaban J connectivity index is 1.95. The molecule has 5 rings (SSSR count). The molecule has 6 N–H and O–H groups in total. The Morgan fingerprint density at radius 3 is 2.11 bits per heavy atom. The summed E-state index contributed by atoms with van der Waals surface area (Å²) in [4.78, 5) is 13.9. The maximum absolute atomic E-state index is 13.9. The molecular formula is C26H22O10. The average Bonchev–Trinajstić information content (AvgIpc) is 2.84. The number of hydrogen-bond donors (Lipinski definition) is 6. The highest BCUT2D eigenvalue weighted by Crippen LogP contribution is 2.53. The van der Waals surface area contributed by atoms with Crippen LogP contribution in [0.4, 0.5) is 0 Å². The van der Waals surface area contributed by atoms with Crippen LogP contribution in [0.15, 0.2) is 45.6 Å². The predicted octanol–water partition coefficient (Wildman–Crippen LogP) is 3.23. The largest absolute Gasteiger partial charge is 0.508 e. The second-order valence-corrected chi connectivity index (χ2v) is 8.48. The minimum Gasteiger partial charge on any atom is -0.508 e. The van der Waals surface area contributed by atoms with E-state index in [1.165, 1.54) is 44.6 Å². The van der Waals surface area contributed by atoms with Gasteiger partial charge in [-0.2, -0.15) is 0 Å². The van der Waals surface area contributed by atoms with E-state index < -0.39 is 41.1 Å². The first-order valence-electron chi connectivity index (χ1n) is 10.8. The maximum atomic E-state index is 13.9. The molecule has 1 heterocycles. The van der Waals surface area contributed by atoms with E-state index in [1.54, 1.807) is 0 Å². The van der Waals surface area contributed by atoms with Crippen molar-refractivity contribution in [2.75, 3.05) is 20.8 Å². The van der Waals surface area contributed by atoms with E-state index in [0.29, 0.717) is 11.1 Å². The lowest BCUT2D eigenvalue weighted by molar-refractivity contribution is 0.252. The van der Waals surface area contributed by atoms with Gasteiger partial charge in [0, 0.05) is 29.5 Å². The van der Waals surface area contributed by atoms with Crippen molar-refractivity contribution in [3.05, 3.63) is 63.3 Å². The minimum atomic E-state index is -0.918. The van der Waals surface area contributed by atoms with E-state index in [9.17, 15) is 35.4 Å². The lowest BCUT2D eigenvalue weighted by Crippen LogP contribution is -2.28. The standard InChI is InChI=1S/C26H22O10/c1-34-19-3-10(4-20(35-2)24(19)32)21-14(9-27)12-7-15(29)16(30)8-13(12)26-23(21)25(33)22-17(31)5-11(28)6-18(22)36-26/h3-8,14,21,27-32H,9H2,1-2H3/t14-,21+/m0/s1. The Bertz CT molecular complexity index is 1560. The van der Waals surface area contributed by atoms with E-state index in [1.807, 2.05) is 0 Å². The summed E-state index contributed by atoms with van der Waals surface area (Å²) >= 11 is 0. The summed E-state index contributed by atoms with van der Waals surface area (Å²) in [5.41, 5.74) is 0.353. The summed E-state index contributed by atoms with van der Waals surface area (Å²) in [6.07, 6.45) is 0. The zero-order valence-electron chi connectivity index (χ0n) is 19.1. The van der Waals surface area contributed by atoms with Crippen molar-refractivity contribution in [3.63, 3.8) is 0 Å². The Kier molecular flexibility index (Phi) is 5.33. The molecule has 0 amide bonds. The lowest BCUT2D eigenvalue weighted by Gasteiger charge is -2.34. The molecule has 1 aromatic heterocycles. The molecule has 36 heavy (non-hydrogen) atoms. The molecule has 3 aromatic carbocycles. The Labute approximate surface area is 203 Å². The third kappa shape index (κ3) is 3.26. The number of rotatable bonds is 4. The van der Waals surface area contributed by atoms with Crippen molar-refractivity contribution in [1.82, 2.24) is 0 Å². The van der Waals surface area contributed by atoms with Gasteiger partial charge in [-0.1, -0.05) is 0 Å². The molecule has 1 aliphatic carbocycles. The number of phenols is 5. The minimum absolute atomic E-state index is 0.0171. The molecule has 186 valence electrons. The Hall–Kier alpha value is -4.57. The van der Waals surface area contributed by atoms with Crippen molar-refractivity contribution in [3.8, 4) is 51.6 Å². The second kappa shape index (κ2) is 8.28. The van der Waals surface area contributed by atoms with Crippen molar-refractivity contribution < 1.29 is 44.5 Å². The summed E-state index contributed by atoms with van der Waals surface area (Å²) in [5, 5.41) is 61.6. The van der Waals surface area contributed by atoms with Crippen LogP contribution in [0.25, 0.3) is 22.3 Å². The monoisotopic (exact) mass is 494 g/mol. The number of aliphatic hydroxyl groups is 1. The van der Waals surface area contributed by atoms with E-state index in [0.717, 1.165) is 6.07 Å². The van der Waals surface area contributed by atoms with Crippen LogP contribution in [0.1, 0.15) is 28.5 Å². The highest BCUT2D eigenvalue weighted by molar-refractivity contribution is 5.89. The zero-order valence-corrected chi connectivity index (χ0v) is 19.1. The van der Waals surface area contributed by atoms with Crippen molar-refractivity contribution in [2.24, 2.45) is 0 Å². The molecule has 10 nitrogen and oxygen atoms in total. The number of aliphatic hydroxyl groups excluding tert-OH is 1. The molecule has 1 aliphatic rings. The predicted molar refractivity (Wildman–Crippen MR) is 127 cm³/mol. The molecular weight excluding hydrogens is 472 g/mol. The van der Waals surface area contributed by atoms with Crippen molar-refractivity contribution in [2.45, 2.75) is 11.8 Å². The lowest BCUT2D eigenvalue weighted by atomic mass is 9.70. The quantitative estimate of drug-likeness (QED) is 0.232. The van der Waals surface area contributed by atoms with Crippen LogP contribution in [0.3, 0.4) is 0 Å². The smallest absolute Gasteiger partial charge is 0.200 e. The van der Waals surface area contributed by atoms with Gasteiger partial charge in [-0.25, -0.2) is 0 Å². The van der Waals surface area contributed by atoms with Crippen LogP contribution < -0.4 is 14.9 Å². The number of benzene rings is 3. The van der Waals surface area contributed by atoms with Gasteiger partial charge in [0.05, 0.1) is 26.4 Å². The SMILES string of the molecule is COc1cc([C@H]2c3c(oc4cc(O)cc(O)c4c3=O)-c3cc(O)c(O)cc3[C@@H]2CO)cc(OC)c1O. The molecule has 0 fully saturated rings. The van der Waals surface area contributed by atoms with Gasteiger partial charge < -0.3 is 44.5 Å². The van der Waals surface area contributed by atoms with Gasteiger partial charge in [0.2, 0.25) is 11.2 Å². The van der Waals surface area contributed by atoms with Crippen LogP contribution >= 0.6 is 0 Å². The number of fused-ring (bicyclic) bond motifs is 4. The van der Waals surface area contributed by atoms with Gasteiger partial charge in [-0.3, -0.25) is 4.79 Å². The van der Waals surface area contributed by atoms with E-state index >= 15 is 0 Å². The Morgan fingerprint density at radius 2 is 1.50 bits per heavy atom. The topological polar surface area (TPSA) is 170 Å². The number of phenolic OH excluding ortho intramolecular Hbond substituents is 5. The Morgan fingerprint density at radius 1 is 0.861 bits per heavy atom. The van der Waals surface area contributed by atoms with Crippen molar-refractivity contribution in [1.29, 1.82) is 0 Å². The third-order valence-corrected chi connectivity index (χ3v) is 6.56. The molecule has 2 atom stereocenters. The molecule has 0 spiro atoms. The molecule has 4 aromatic rings. The average molecular weight is 494 g/mol. The van der Waals surface area contributed by atoms with Crippen molar-refractivity contribution >= 4 is 11.0 Å². The fourth-order valence-corrected chi connectivity index (χ4v) is 4.95. The first-order valence-corrected chi connectivity index (χ1v) is 10.8. The fraction of sp³-hybridized carbons (Fsp3) is 0.192. The van der Waals surface area contributed by atoms with E-state index in [-0.39, 0.29) is 50.9 Å². The van der Waals surface area contributed by atoms with Crippen LogP contribution in [0, 0.1) is 0 Å². The highest BCUT2D eigenvalue weighted by atomic mass is 16.5. The van der Waals surface area contributed by atoms with E-state index in [4.69, 9.17) is 13.9 Å². The van der Waals surface area contributed by atoms with Gasteiger partial charge in [0.25, 0.3) is 0 Å². The first-order chi connectivity index (χ1) is 17.2. The summed E-state index contributed by atoms with van der Waals surface area (Å²) in [7, 11) is 2.69. The first kappa shape index (κ1) is 23.2. The van der Waals surface area contributed by atoms with Gasteiger partial charge >= 0.3 is 0 Å². The summed E-state index contributed by atoms with van der Waals surface area (Å²) in [6, 6.07) is 7.66. The fourth-order valence-electron chi connectivity index (χ4n) is 4.95. The number of methoxy groups -OCH3 is 2. The number of aromatic hydroxyl groups is 5. The zero-order chi connectivity index (χ0) is 25.9. The van der Waals surface area contributed by atoms with Crippen LogP contribution in [0.2, 0.25) is 0 Å². The van der Waals surface area contributed by atoms with Gasteiger partial charge in [-0.05, 0) is 35.4 Å². The second-order valence-electron chi connectivity index (χ2n) is 8.48. The molecule has 0 unspecified atom stereocenters. The molecule has 10 heteroatoms. The summed E-state index contributed by atoms with van der Waals surface area (Å²) in [6.45, 7) is -0.480. The van der Waals surface area contributed by atoms with Crippen LogP contribution in [0.5, 0.6) is 40.2 Å². The molecule has 0 aliphatic heterocycles. The molecule has 0 saturated carbocycles. The number of hydrogen-bond acceptors (Lipinski definition) is 10. The van der Waals surface area contributed by atoms with E-state index in [2.05, 4.69) is 0 Å². The number of ether oxygens (including phenoxy) is 2. The maximum Gasteiger partial charge on any atom is 0.200 e. The molecule has 0 bridgehead atoms. The molecule has 0 radical (unpaired) electrons. The normalized spacial score (nSPS) is 16.4. The summed E-state index contributed by atoms with van der Waals surface area (Å²) in [5.74, 6) is -3.61. The van der Waals surface area contributed by atoms with Crippen LogP contribution in [-0.2, 0) is 0 Å². The van der Waals surface area contributed by atoms with Gasteiger partial charge in [-0.15, -0.1) is 0 Å². The van der Waals surface area contributed by atoms with Crippen LogP contribution in [-0.4, -0.2) is 51.5 Å². The van der Waals surface area contributed by atoms with Gasteiger partial charge in [0.1, 0.15) is 28.2 Å². The molecule has 0 saturated heterocycles.